The number of benzene rings is 1. The fourth-order valence-corrected chi connectivity index (χ4v) is 3.14. The van der Waals surface area contributed by atoms with Gasteiger partial charge < -0.3 is 0 Å². The molecule has 0 spiro atoms. The highest BCUT2D eigenvalue weighted by molar-refractivity contribution is 7.85. The van der Waals surface area contributed by atoms with Crippen molar-refractivity contribution in [1.82, 2.24) is 0 Å². The average Bonchev–Trinajstić information content (AvgIpc) is 2.23. The van der Waals surface area contributed by atoms with Crippen LogP contribution in [0.25, 0.3) is 5.57 Å². The topological polar surface area (TPSA) is 17.1 Å². The molecule has 0 amide bonds. The second kappa shape index (κ2) is 4.09. The van der Waals surface area contributed by atoms with Gasteiger partial charge in [-0.05, 0) is 30.0 Å². The summed E-state index contributed by atoms with van der Waals surface area (Å²) < 4.78 is 11.7. The maximum Gasteiger partial charge on any atom is 0.0539 e. The molecule has 0 radical (unpaired) electrons. The van der Waals surface area contributed by atoms with E-state index in [9.17, 15) is 4.21 Å². The molecule has 1 aromatic carbocycles. The van der Waals surface area contributed by atoms with Gasteiger partial charge in [0.25, 0.3) is 0 Å². The molecular formula is C12H14OS. The van der Waals surface area contributed by atoms with Gasteiger partial charge in [-0.3, -0.25) is 4.21 Å². The minimum absolute atomic E-state index is 0.780. The maximum atomic E-state index is 11.7. The summed E-state index contributed by atoms with van der Waals surface area (Å²) in [5, 5.41) is 0. The van der Waals surface area contributed by atoms with Gasteiger partial charge in [0.15, 0.2) is 0 Å². The molecule has 0 bridgehead atoms. The Morgan fingerprint density at radius 2 is 2.21 bits per heavy atom. The summed E-state index contributed by atoms with van der Waals surface area (Å²) in [5.74, 6) is 0.781. The van der Waals surface area contributed by atoms with E-state index in [4.69, 9.17) is 0 Å². The van der Waals surface area contributed by atoms with E-state index < -0.39 is 10.8 Å². The van der Waals surface area contributed by atoms with E-state index in [-0.39, 0.29) is 0 Å². The highest BCUT2D eigenvalue weighted by Gasteiger charge is 2.18. The van der Waals surface area contributed by atoms with Crippen molar-refractivity contribution in [2.75, 3.05) is 5.75 Å². The third-order valence-electron chi connectivity index (χ3n) is 2.49. The molecule has 0 aromatic heterocycles. The molecular weight excluding hydrogens is 192 g/mol. The Morgan fingerprint density at radius 1 is 1.43 bits per heavy atom. The Hall–Kier alpha value is -0.890. The normalized spacial score (nSPS) is 23.5. The first-order valence-corrected chi connectivity index (χ1v) is 6.31. The van der Waals surface area contributed by atoms with Crippen LogP contribution >= 0.6 is 0 Å². The van der Waals surface area contributed by atoms with Gasteiger partial charge in [0.05, 0.1) is 10.8 Å². The minimum atomic E-state index is -0.780. The fourth-order valence-electron chi connectivity index (χ4n) is 1.84. The second-order valence-corrected chi connectivity index (χ2v) is 4.97. The monoisotopic (exact) mass is 206 g/mol. The van der Waals surface area contributed by atoms with Gasteiger partial charge in [-0.15, -0.1) is 0 Å². The van der Waals surface area contributed by atoms with Crippen molar-refractivity contribution in [2.45, 2.75) is 24.7 Å². The number of fused-ring (bicyclic) bond motifs is 1. The number of hydrogen-bond donors (Lipinski definition) is 0. The molecule has 1 heterocycles. The lowest BCUT2D eigenvalue weighted by Crippen LogP contribution is -2.08. The molecule has 1 aliphatic rings. The molecule has 0 saturated heterocycles. The van der Waals surface area contributed by atoms with Gasteiger partial charge >= 0.3 is 0 Å². The molecule has 0 fully saturated rings. The Balaban J connectivity index is 2.52. The Bertz CT molecular complexity index is 393. The molecule has 0 N–H and O–H groups in total. The summed E-state index contributed by atoms with van der Waals surface area (Å²) in [6, 6.07) is 8.04. The first-order chi connectivity index (χ1) is 6.83. The van der Waals surface area contributed by atoms with Crippen LogP contribution in [0.15, 0.2) is 35.2 Å². The van der Waals surface area contributed by atoms with E-state index in [2.05, 4.69) is 19.1 Å². The van der Waals surface area contributed by atoms with E-state index in [0.29, 0.717) is 0 Å². The summed E-state index contributed by atoms with van der Waals surface area (Å²) in [4.78, 5) is 1.01. The summed E-state index contributed by atoms with van der Waals surface area (Å²) >= 11 is 0. The lowest BCUT2D eigenvalue weighted by atomic mass is 10.0. The van der Waals surface area contributed by atoms with Crippen LogP contribution in [0.5, 0.6) is 0 Å². The number of rotatable bonds is 1. The zero-order valence-corrected chi connectivity index (χ0v) is 9.14. The first kappa shape index (κ1) is 9.66. The minimum Gasteiger partial charge on any atom is -0.254 e. The van der Waals surface area contributed by atoms with Crippen LogP contribution < -0.4 is 0 Å². The van der Waals surface area contributed by atoms with Crippen LogP contribution in [0.1, 0.15) is 25.3 Å². The molecule has 1 unspecified atom stereocenters. The SMILES string of the molecule is CC/C=C1/CCS(=O)c2ccccc21. The zero-order valence-electron chi connectivity index (χ0n) is 8.32. The van der Waals surface area contributed by atoms with Gasteiger partial charge in [0, 0.05) is 10.6 Å². The fraction of sp³-hybridized carbons (Fsp3) is 0.333. The van der Waals surface area contributed by atoms with Gasteiger partial charge in [-0.25, -0.2) is 0 Å². The van der Waals surface area contributed by atoms with E-state index in [1.54, 1.807) is 0 Å². The van der Waals surface area contributed by atoms with Gasteiger partial charge in [-0.1, -0.05) is 31.2 Å². The van der Waals surface area contributed by atoms with Crippen LogP contribution in [0.2, 0.25) is 0 Å². The molecule has 1 atom stereocenters. The third-order valence-corrected chi connectivity index (χ3v) is 3.91. The van der Waals surface area contributed by atoms with Crippen molar-refractivity contribution < 1.29 is 4.21 Å². The highest BCUT2D eigenvalue weighted by Crippen LogP contribution is 2.30. The van der Waals surface area contributed by atoms with Crippen LogP contribution in [-0.2, 0) is 10.8 Å². The van der Waals surface area contributed by atoms with Gasteiger partial charge in [0.2, 0.25) is 0 Å². The van der Waals surface area contributed by atoms with Crippen molar-refractivity contribution in [3.63, 3.8) is 0 Å². The Morgan fingerprint density at radius 3 is 3.00 bits per heavy atom. The predicted octanol–water partition coefficient (Wildman–Crippen LogP) is 2.99. The Labute approximate surface area is 87.3 Å². The van der Waals surface area contributed by atoms with E-state index >= 15 is 0 Å². The van der Waals surface area contributed by atoms with Crippen molar-refractivity contribution in [2.24, 2.45) is 0 Å². The van der Waals surface area contributed by atoms with Crippen molar-refractivity contribution in [3.05, 3.63) is 35.9 Å². The summed E-state index contributed by atoms with van der Waals surface area (Å²) in [6.45, 7) is 2.14. The maximum absolute atomic E-state index is 11.7. The Kier molecular flexibility index (Phi) is 2.82. The molecule has 0 saturated carbocycles. The summed E-state index contributed by atoms with van der Waals surface area (Å²) in [5.41, 5.74) is 2.56. The molecule has 74 valence electrons. The molecule has 1 nitrogen and oxygen atoms in total. The first-order valence-electron chi connectivity index (χ1n) is 4.99. The van der Waals surface area contributed by atoms with Crippen molar-refractivity contribution in [1.29, 1.82) is 0 Å². The van der Waals surface area contributed by atoms with Crippen LogP contribution in [0.4, 0.5) is 0 Å². The van der Waals surface area contributed by atoms with Crippen molar-refractivity contribution >= 4 is 16.4 Å². The van der Waals surface area contributed by atoms with Crippen LogP contribution in [-0.4, -0.2) is 9.96 Å². The van der Waals surface area contributed by atoms with Gasteiger partial charge in [0.1, 0.15) is 0 Å². The van der Waals surface area contributed by atoms with Crippen LogP contribution in [0.3, 0.4) is 0 Å². The zero-order chi connectivity index (χ0) is 9.97. The number of hydrogen-bond acceptors (Lipinski definition) is 1. The molecule has 1 aliphatic heterocycles. The standard InChI is InChI=1S/C12H14OS/c1-2-5-10-8-9-14(13)12-7-4-3-6-11(10)12/h3-7H,2,8-9H2,1H3/b10-5-. The molecule has 1 aromatic rings. The molecule has 2 heteroatoms. The van der Waals surface area contributed by atoms with Crippen molar-refractivity contribution in [3.8, 4) is 0 Å². The van der Waals surface area contributed by atoms with Gasteiger partial charge in [-0.2, -0.15) is 0 Å². The lowest BCUT2D eigenvalue weighted by Gasteiger charge is -2.18. The molecule has 2 rings (SSSR count). The highest BCUT2D eigenvalue weighted by atomic mass is 32.2. The smallest absolute Gasteiger partial charge is 0.0539 e. The molecule has 0 aliphatic carbocycles. The third kappa shape index (κ3) is 1.67. The summed E-state index contributed by atoms with van der Waals surface area (Å²) in [7, 11) is -0.780. The number of allylic oxidation sites excluding steroid dienone is 2. The second-order valence-electron chi connectivity index (χ2n) is 3.43. The average molecular weight is 206 g/mol. The van der Waals surface area contributed by atoms with E-state index in [0.717, 1.165) is 23.5 Å². The largest absolute Gasteiger partial charge is 0.254 e. The predicted molar refractivity (Wildman–Crippen MR) is 60.6 cm³/mol. The van der Waals surface area contributed by atoms with E-state index in [1.807, 2.05) is 18.2 Å². The molecule has 14 heavy (non-hydrogen) atoms. The quantitative estimate of drug-likeness (QED) is 0.690. The summed E-state index contributed by atoms with van der Waals surface area (Å²) in [6.07, 6.45) is 4.25. The van der Waals surface area contributed by atoms with Crippen LogP contribution in [0, 0.1) is 0 Å². The lowest BCUT2D eigenvalue weighted by molar-refractivity contribution is 0.681. The van der Waals surface area contributed by atoms with E-state index in [1.165, 1.54) is 11.1 Å².